The summed E-state index contributed by atoms with van der Waals surface area (Å²) in [6, 6.07) is 14.9. The van der Waals surface area contributed by atoms with Gasteiger partial charge in [-0.2, -0.15) is 0 Å². The van der Waals surface area contributed by atoms with Crippen LogP contribution >= 0.6 is 12.2 Å². The maximum Gasteiger partial charge on any atom is 0.271 e. The normalized spacial score (nSPS) is 16.3. The molecule has 0 aliphatic heterocycles. The molecule has 0 heterocycles. The third-order valence-electron chi connectivity index (χ3n) is 3.99. The van der Waals surface area contributed by atoms with E-state index in [0.717, 1.165) is 19.3 Å². The minimum Gasteiger partial charge on any atom is -0.356 e. The van der Waals surface area contributed by atoms with Crippen LogP contribution in [-0.4, -0.2) is 10.0 Å². The lowest BCUT2D eigenvalue weighted by Crippen LogP contribution is -2.34. The van der Waals surface area contributed by atoms with Crippen molar-refractivity contribution in [2.24, 2.45) is 0 Å². The van der Waals surface area contributed by atoms with E-state index in [2.05, 4.69) is 28.8 Å². The van der Waals surface area contributed by atoms with Crippen molar-refractivity contribution >= 4 is 28.7 Å². The molecule has 0 spiro atoms. The third kappa shape index (κ3) is 3.65. The SMILES string of the molecule is O=[N+]([O-])c1cccc(NC(=S)N[C@H]2CCCc3ccccc32)c1. The molecule has 1 aliphatic carbocycles. The van der Waals surface area contributed by atoms with Crippen molar-refractivity contribution in [2.75, 3.05) is 5.32 Å². The minimum atomic E-state index is -0.418. The second kappa shape index (κ2) is 6.75. The van der Waals surface area contributed by atoms with Crippen LogP contribution in [-0.2, 0) is 6.42 Å². The van der Waals surface area contributed by atoms with Gasteiger partial charge in [0.2, 0.25) is 0 Å². The fraction of sp³-hybridized carbons (Fsp3) is 0.235. The molecule has 0 aromatic heterocycles. The molecular formula is C17H17N3O2S. The first kappa shape index (κ1) is 15.4. The molecule has 0 bridgehead atoms. The standard InChI is InChI=1S/C17H17N3O2S/c21-20(22)14-8-4-7-13(11-14)18-17(23)19-16-10-3-6-12-5-1-2-9-15(12)16/h1-2,4-5,7-9,11,16H,3,6,10H2,(H2,18,19,23)/t16-/m0/s1. The lowest BCUT2D eigenvalue weighted by molar-refractivity contribution is -0.384. The van der Waals surface area contributed by atoms with Crippen molar-refractivity contribution in [1.29, 1.82) is 0 Å². The van der Waals surface area contributed by atoms with Crippen molar-refractivity contribution in [2.45, 2.75) is 25.3 Å². The van der Waals surface area contributed by atoms with Crippen molar-refractivity contribution in [1.82, 2.24) is 5.32 Å². The van der Waals surface area contributed by atoms with E-state index in [1.165, 1.54) is 23.3 Å². The van der Waals surface area contributed by atoms with Gasteiger partial charge in [0.05, 0.1) is 11.0 Å². The van der Waals surface area contributed by atoms with Gasteiger partial charge in [0.15, 0.2) is 5.11 Å². The van der Waals surface area contributed by atoms with E-state index in [1.54, 1.807) is 12.1 Å². The van der Waals surface area contributed by atoms with Crippen LogP contribution < -0.4 is 10.6 Å². The minimum absolute atomic E-state index is 0.0424. The number of hydrogen-bond acceptors (Lipinski definition) is 3. The Kier molecular flexibility index (Phi) is 4.52. The summed E-state index contributed by atoms with van der Waals surface area (Å²) in [5, 5.41) is 17.7. The molecule has 23 heavy (non-hydrogen) atoms. The molecule has 1 atom stereocenters. The highest BCUT2D eigenvalue weighted by Crippen LogP contribution is 2.29. The second-order valence-corrected chi connectivity index (χ2v) is 5.96. The van der Waals surface area contributed by atoms with Gasteiger partial charge in [0.25, 0.3) is 5.69 Å². The van der Waals surface area contributed by atoms with Gasteiger partial charge in [-0.25, -0.2) is 0 Å². The van der Waals surface area contributed by atoms with E-state index >= 15 is 0 Å². The molecule has 3 rings (SSSR count). The molecule has 0 amide bonds. The number of fused-ring (bicyclic) bond motifs is 1. The molecule has 0 unspecified atom stereocenters. The van der Waals surface area contributed by atoms with Gasteiger partial charge < -0.3 is 10.6 Å². The van der Waals surface area contributed by atoms with Crippen LogP contribution in [0.15, 0.2) is 48.5 Å². The van der Waals surface area contributed by atoms with Crippen LogP contribution in [0.5, 0.6) is 0 Å². The van der Waals surface area contributed by atoms with Gasteiger partial charge in [0, 0.05) is 17.8 Å². The highest BCUT2D eigenvalue weighted by atomic mass is 32.1. The predicted octanol–water partition coefficient (Wildman–Crippen LogP) is 3.96. The molecule has 0 radical (unpaired) electrons. The van der Waals surface area contributed by atoms with Crippen LogP contribution in [0.25, 0.3) is 0 Å². The van der Waals surface area contributed by atoms with Crippen molar-refractivity contribution in [3.05, 3.63) is 69.8 Å². The number of nitrogens with one attached hydrogen (secondary N) is 2. The lowest BCUT2D eigenvalue weighted by Gasteiger charge is -2.27. The van der Waals surface area contributed by atoms with E-state index in [9.17, 15) is 10.1 Å². The summed E-state index contributed by atoms with van der Waals surface area (Å²) in [5.41, 5.74) is 3.29. The summed E-state index contributed by atoms with van der Waals surface area (Å²) in [4.78, 5) is 10.4. The zero-order valence-corrected chi connectivity index (χ0v) is 13.3. The summed E-state index contributed by atoms with van der Waals surface area (Å²) >= 11 is 5.36. The third-order valence-corrected chi connectivity index (χ3v) is 4.21. The number of anilines is 1. The first-order valence-electron chi connectivity index (χ1n) is 7.53. The quantitative estimate of drug-likeness (QED) is 0.507. The molecule has 2 aromatic carbocycles. The van der Waals surface area contributed by atoms with E-state index in [-0.39, 0.29) is 11.7 Å². The number of benzene rings is 2. The van der Waals surface area contributed by atoms with Gasteiger partial charge in [-0.1, -0.05) is 30.3 Å². The number of nitro benzene ring substituents is 1. The number of rotatable bonds is 3. The van der Waals surface area contributed by atoms with Gasteiger partial charge in [-0.05, 0) is 48.7 Å². The van der Waals surface area contributed by atoms with Crippen LogP contribution in [0.2, 0.25) is 0 Å². The monoisotopic (exact) mass is 327 g/mol. The Morgan fingerprint density at radius 3 is 2.87 bits per heavy atom. The molecule has 0 saturated carbocycles. The molecule has 0 fully saturated rings. The van der Waals surface area contributed by atoms with E-state index in [4.69, 9.17) is 12.2 Å². The smallest absolute Gasteiger partial charge is 0.271 e. The molecule has 2 N–H and O–H groups in total. The number of nitro groups is 1. The van der Waals surface area contributed by atoms with Crippen LogP contribution in [0.1, 0.15) is 30.0 Å². The van der Waals surface area contributed by atoms with Crippen LogP contribution in [0, 0.1) is 10.1 Å². The molecule has 0 saturated heterocycles. The summed E-state index contributed by atoms with van der Waals surface area (Å²) < 4.78 is 0. The summed E-state index contributed by atoms with van der Waals surface area (Å²) in [6.07, 6.45) is 3.24. The number of non-ortho nitro benzene ring substituents is 1. The zero-order valence-electron chi connectivity index (χ0n) is 12.5. The van der Waals surface area contributed by atoms with Gasteiger partial charge in [-0.3, -0.25) is 10.1 Å². The number of aryl methyl sites for hydroxylation is 1. The van der Waals surface area contributed by atoms with Gasteiger partial charge >= 0.3 is 0 Å². The Morgan fingerprint density at radius 1 is 1.22 bits per heavy atom. The Bertz CT molecular complexity index is 748. The largest absolute Gasteiger partial charge is 0.356 e. The second-order valence-electron chi connectivity index (χ2n) is 5.55. The van der Waals surface area contributed by atoms with Crippen LogP contribution in [0.4, 0.5) is 11.4 Å². The first-order valence-corrected chi connectivity index (χ1v) is 7.94. The van der Waals surface area contributed by atoms with Crippen molar-refractivity contribution in [3.8, 4) is 0 Å². The molecule has 6 heteroatoms. The highest BCUT2D eigenvalue weighted by molar-refractivity contribution is 7.80. The highest BCUT2D eigenvalue weighted by Gasteiger charge is 2.20. The fourth-order valence-corrected chi connectivity index (χ4v) is 3.19. The molecular weight excluding hydrogens is 310 g/mol. The molecule has 5 nitrogen and oxygen atoms in total. The Morgan fingerprint density at radius 2 is 2.04 bits per heavy atom. The topological polar surface area (TPSA) is 67.2 Å². The average molecular weight is 327 g/mol. The lowest BCUT2D eigenvalue weighted by atomic mass is 9.88. The zero-order chi connectivity index (χ0) is 16.2. The Hall–Kier alpha value is -2.47. The summed E-state index contributed by atoms with van der Waals surface area (Å²) in [5.74, 6) is 0. The van der Waals surface area contributed by atoms with Crippen LogP contribution in [0.3, 0.4) is 0 Å². The van der Waals surface area contributed by atoms with E-state index < -0.39 is 4.92 Å². The maximum absolute atomic E-state index is 10.8. The molecule has 1 aliphatic rings. The number of hydrogen-bond donors (Lipinski definition) is 2. The summed E-state index contributed by atoms with van der Waals surface area (Å²) in [7, 11) is 0. The predicted molar refractivity (Wildman–Crippen MR) is 94.6 cm³/mol. The van der Waals surface area contributed by atoms with Gasteiger partial charge in [-0.15, -0.1) is 0 Å². The first-order chi connectivity index (χ1) is 11.1. The summed E-state index contributed by atoms with van der Waals surface area (Å²) in [6.45, 7) is 0. The number of nitrogens with zero attached hydrogens (tertiary/aromatic N) is 1. The molecule has 118 valence electrons. The van der Waals surface area contributed by atoms with Crippen molar-refractivity contribution in [3.63, 3.8) is 0 Å². The van der Waals surface area contributed by atoms with E-state index in [1.807, 2.05) is 6.07 Å². The average Bonchev–Trinajstić information content (AvgIpc) is 2.55. The Labute approximate surface area is 139 Å². The Balaban J connectivity index is 1.69. The molecule has 2 aromatic rings. The maximum atomic E-state index is 10.8. The fourth-order valence-electron chi connectivity index (χ4n) is 2.93. The van der Waals surface area contributed by atoms with E-state index in [0.29, 0.717) is 10.8 Å². The van der Waals surface area contributed by atoms with Gasteiger partial charge in [0.1, 0.15) is 0 Å². The number of thiocarbonyl (C=S) groups is 1. The van der Waals surface area contributed by atoms with Crippen molar-refractivity contribution < 1.29 is 4.92 Å².